The standard InChI is InChI=1S/C27H26F2N4O4.C7H12FN/c1-7-16-18(28)9-8-14-10-15(34)11-17(19(14)16)22-21(29)23-20(25(31-22)37-13(2)3)24(30-12-27(4,5)35)33-26(32-23)36-6;8-6-4-7-2-1-3-9(7)5-6/h1,8-11,13,34-35H,12H2,2-6H3,(H,30,32,33);6-7H,1-5H2. The Morgan fingerprint density at radius 3 is 2.59 bits per heavy atom. The van der Waals surface area contributed by atoms with Gasteiger partial charge in [0.05, 0.1) is 24.4 Å². The van der Waals surface area contributed by atoms with Crippen molar-refractivity contribution >= 4 is 27.5 Å². The average Bonchev–Trinajstić information content (AvgIpc) is 3.57. The van der Waals surface area contributed by atoms with E-state index in [-0.39, 0.29) is 69.2 Å². The molecule has 2 fully saturated rings. The van der Waals surface area contributed by atoms with Gasteiger partial charge in [0, 0.05) is 30.1 Å². The maximum atomic E-state index is 16.3. The van der Waals surface area contributed by atoms with Crippen LogP contribution in [0, 0.1) is 24.0 Å². The van der Waals surface area contributed by atoms with Crippen LogP contribution in [0.4, 0.5) is 19.0 Å². The molecule has 2 aliphatic heterocycles. The number of aromatic hydroxyl groups is 1. The number of ether oxygens (including phenoxy) is 2. The number of fused-ring (bicyclic) bond motifs is 3. The molecule has 2 aliphatic rings. The van der Waals surface area contributed by atoms with E-state index in [9.17, 15) is 19.0 Å². The van der Waals surface area contributed by atoms with Crippen LogP contribution in [0.1, 0.15) is 52.5 Å². The highest BCUT2D eigenvalue weighted by molar-refractivity contribution is 6.04. The Kier molecular flexibility index (Phi) is 9.47. The summed E-state index contributed by atoms with van der Waals surface area (Å²) >= 11 is 0. The van der Waals surface area contributed by atoms with Crippen molar-refractivity contribution in [2.75, 3.05) is 32.1 Å². The van der Waals surface area contributed by atoms with E-state index < -0.39 is 23.4 Å². The molecule has 244 valence electrons. The van der Waals surface area contributed by atoms with Gasteiger partial charge in [0.25, 0.3) is 0 Å². The number of aliphatic hydroxyl groups is 1. The Labute approximate surface area is 265 Å². The second-order valence-corrected chi connectivity index (χ2v) is 12.5. The summed E-state index contributed by atoms with van der Waals surface area (Å²) in [4.78, 5) is 15.2. The smallest absolute Gasteiger partial charge is 0.318 e. The Balaban J connectivity index is 0.000000393. The van der Waals surface area contributed by atoms with Gasteiger partial charge in [-0.05, 0) is 77.1 Å². The number of pyridine rings is 1. The quantitative estimate of drug-likeness (QED) is 0.211. The van der Waals surface area contributed by atoms with Crippen molar-refractivity contribution in [2.45, 2.75) is 70.9 Å². The van der Waals surface area contributed by atoms with Crippen molar-refractivity contribution < 1.29 is 32.9 Å². The molecule has 0 aliphatic carbocycles. The highest BCUT2D eigenvalue weighted by Gasteiger charge is 2.34. The van der Waals surface area contributed by atoms with Crippen molar-refractivity contribution in [3.05, 3.63) is 41.5 Å². The molecule has 0 bridgehead atoms. The zero-order chi connectivity index (χ0) is 33.3. The van der Waals surface area contributed by atoms with Gasteiger partial charge in [-0.2, -0.15) is 9.97 Å². The fourth-order valence-corrected chi connectivity index (χ4v) is 5.91. The molecule has 0 radical (unpaired) electrons. The Bertz CT molecular complexity index is 1790. The number of nitrogens with zero attached hydrogens (tertiary/aromatic N) is 4. The Hall–Kier alpha value is -4.34. The number of hydrogen-bond donors (Lipinski definition) is 3. The predicted octanol–water partition coefficient (Wildman–Crippen LogP) is 5.98. The van der Waals surface area contributed by atoms with Crippen molar-refractivity contribution in [3.8, 4) is 41.2 Å². The highest BCUT2D eigenvalue weighted by Crippen LogP contribution is 2.41. The van der Waals surface area contributed by atoms with Crippen LogP contribution in [0.3, 0.4) is 0 Å². The molecule has 12 heteroatoms. The summed E-state index contributed by atoms with van der Waals surface area (Å²) < 4.78 is 54.6. The van der Waals surface area contributed by atoms with Crippen LogP contribution in [0.2, 0.25) is 0 Å². The minimum absolute atomic E-state index is 0.0162. The third-order valence-corrected chi connectivity index (χ3v) is 7.86. The maximum absolute atomic E-state index is 16.3. The maximum Gasteiger partial charge on any atom is 0.318 e. The molecule has 2 unspecified atom stereocenters. The number of aromatic nitrogens is 3. The lowest BCUT2D eigenvalue weighted by Crippen LogP contribution is -2.29. The minimum Gasteiger partial charge on any atom is -0.508 e. The largest absolute Gasteiger partial charge is 0.508 e. The van der Waals surface area contributed by atoms with Crippen molar-refractivity contribution in [1.29, 1.82) is 0 Å². The Morgan fingerprint density at radius 2 is 1.93 bits per heavy atom. The third kappa shape index (κ3) is 6.90. The summed E-state index contributed by atoms with van der Waals surface area (Å²) in [6.45, 7) is 8.64. The van der Waals surface area contributed by atoms with Crippen LogP contribution in [0.25, 0.3) is 32.9 Å². The number of methoxy groups -OCH3 is 1. The number of benzene rings is 2. The number of phenolic OH excluding ortho intramolecular Hbond substituents is 1. The highest BCUT2D eigenvalue weighted by atomic mass is 19.1. The molecular formula is C34H38F3N5O4. The van der Waals surface area contributed by atoms with Gasteiger partial charge in [0.1, 0.15) is 40.2 Å². The number of phenols is 1. The van der Waals surface area contributed by atoms with Gasteiger partial charge >= 0.3 is 6.01 Å². The van der Waals surface area contributed by atoms with E-state index in [2.05, 4.69) is 31.1 Å². The van der Waals surface area contributed by atoms with E-state index >= 15 is 4.39 Å². The van der Waals surface area contributed by atoms with Crippen molar-refractivity contribution in [1.82, 2.24) is 19.9 Å². The number of anilines is 1. The van der Waals surface area contributed by atoms with Gasteiger partial charge in [0.2, 0.25) is 5.88 Å². The second-order valence-electron chi connectivity index (χ2n) is 12.5. The normalized spacial score (nSPS) is 17.9. The molecule has 4 aromatic rings. The van der Waals surface area contributed by atoms with E-state index in [1.165, 1.54) is 44.2 Å². The number of rotatable bonds is 7. The first-order chi connectivity index (χ1) is 21.8. The number of nitrogens with one attached hydrogen (secondary N) is 1. The van der Waals surface area contributed by atoms with Gasteiger partial charge in [0.15, 0.2) is 5.82 Å². The summed E-state index contributed by atoms with van der Waals surface area (Å²) in [5.74, 6) is 0.664. The lowest BCUT2D eigenvalue weighted by atomic mass is 9.95. The molecule has 0 spiro atoms. The first-order valence-corrected chi connectivity index (χ1v) is 15.2. The van der Waals surface area contributed by atoms with Gasteiger partial charge < -0.3 is 25.0 Å². The predicted molar refractivity (Wildman–Crippen MR) is 171 cm³/mol. The summed E-state index contributed by atoms with van der Waals surface area (Å²) in [6, 6.07) is 5.73. The molecule has 9 nitrogen and oxygen atoms in total. The lowest BCUT2D eigenvalue weighted by Gasteiger charge is -2.21. The number of terminal acetylenes is 1. The van der Waals surface area contributed by atoms with E-state index in [4.69, 9.17) is 15.9 Å². The van der Waals surface area contributed by atoms with Crippen LogP contribution in [0.5, 0.6) is 17.6 Å². The van der Waals surface area contributed by atoms with E-state index in [0.29, 0.717) is 18.0 Å². The monoisotopic (exact) mass is 637 g/mol. The zero-order valence-corrected chi connectivity index (χ0v) is 26.5. The summed E-state index contributed by atoms with van der Waals surface area (Å²) in [5, 5.41) is 24.3. The van der Waals surface area contributed by atoms with E-state index in [0.717, 1.165) is 13.0 Å². The summed E-state index contributed by atoms with van der Waals surface area (Å²) in [5.41, 5.74) is -1.63. The molecule has 4 heterocycles. The molecule has 2 aromatic carbocycles. The van der Waals surface area contributed by atoms with Crippen LogP contribution >= 0.6 is 0 Å². The summed E-state index contributed by atoms with van der Waals surface area (Å²) in [6.07, 6.45) is 8.03. The minimum atomic E-state index is -1.12. The Morgan fingerprint density at radius 1 is 1.17 bits per heavy atom. The molecular weight excluding hydrogens is 599 g/mol. The van der Waals surface area contributed by atoms with E-state index in [1.807, 2.05) is 0 Å². The number of hydrogen-bond acceptors (Lipinski definition) is 9. The molecule has 2 aromatic heterocycles. The van der Waals surface area contributed by atoms with Crippen LogP contribution < -0.4 is 14.8 Å². The fraction of sp³-hybridized carbons (Fsp3) is 0.441. The van der Waals surface area contributed by atoms with Gasteiger partial charge in [-0.15, -0.1) is 6.42 Å². The molecule has 46 heavy (non-hydrogen) atoms. The third-order valence-electron chi connectivity index (χ3n) is 7.86. The number of alkyl halides is 1. The molecule has 6 rings (SSSR count). The van der Waals surface area contributed by atoms with Crippen LogP contribution in [0.15, 0.2) is 24.3 Å². The second kappa shape index (κ2) is 13.2. The summed E-state index contributed by atoms with van der Waals surface area (Å²) in [7, 11) is 1.33. The first kappa shape index (κ1) is 33.0. The molecule has 0 amide bonds. The lowest BCUT2D eigenvalue weighted by molar-refractivity contribution is 0.0944. The topological polar surface area (TPSA) is 113 Å². The fourth-order valence-electron chi connectivity index (χ4n) is 5.91. The van der Waals surface area contributed by atoms with Gasteiger partial charge in [-0.25, -0.2) is 18.2 Å². The molecule has 2 atom stereocenters. The van der Waals surface area contributed by atoms with Gasteiger partial charge in [-0.3, -0.25) is 4.90 Å². The van der Waals surface area contributed by atoms with Crippen LogP contribution in [-0.2, 0) is 0 Å². The van der Waals surface area contributed by atoms with Crippen molar-refractivity contribution in [3.63, 3.8) is 0 Å². The van der Waals surface area contributed by atoms with Crippen molar-refractivity contribution in [2.24, 2.45) is 0 Å². The van der Waals surface area contributed by atoms with Gasteiger partial charge in [-0.1, -0.05) is 12.0 Å². The first-order valence-electron chi connectivity index (χ1n) is 15.2. The molecule has 0 saturated carbocycles. The zero-order valence-electron chi connectivity index (χ0n) is 26.5. The average molecular weight is 638 g/mol. The van der Waals surface area contributed by atoms with Crippen LogP contribution in [-0.4, -0.2) is 80.7 Å². The molecule has 2 saturated heterocycles. The van der Waals surface area contributed by atoms with E-state index in [1.54, 1.807) is 27.7 Å². The SMILES string of the molecule is C#Cc1c(F)ccc2cc(O)cc(-c3nc(OC(C)C)c4c(NCC(C)(C)O)nc(OC)nc4c3F)c12.FC1CC2CCCN2C1. The number of halogens is 3. The molecule has 3 N–H and O–H groups in total.